The van der Waals surface area contributed by atoms with Crippen molar-refractivity contribution < 1.29 is 25.2 Å². The first-order valence-corrected chi connectivity index (χ1v) is 15.6. The van der Waals surface area contributed by atoms with Crippen LogP contribution in [0.15, 0.2) is 146 Å². The first-order chi connectivity index (χ1) is 23.3. The second-order valence-electron chi connectivity index (χ2n) is 11.7. The van der Waals surface area contributed by atoms with Crippen molar-refractivity contribution in [3.05, 3.63) is 158 Å². The molecule has 0 unspecified atom stereocenters. The molecule has 228 valence electrons. The number of benzene rings is 6. The maximum atomic E-state index is 6.38. The zero-order chi connectivity index (χ0) is 30.9. The molecule has 4 aromatic heterocycles. The van der Waals surface area contributed by atoms with Gasteiger partial charge in [0, 0.05) is 39.7 Å². The number of hydrogen-bond donors (Lipinski definition) is 0. The Morgan fingerprint density at radius 3 is 2.21 bits per heavy atom. The molecule has 0 aliphatic rings. The monoisotopic (exact) mass is 706 g/mol. The van der Waals surface area contributed by atoms with Crippen LogP contribution in [0, 0.1) is 12.1 Å². The first kappa shape index (κ1) is 28.4. The topological polar surface area (TPSA) is 44.4 Å². The fourth-order valence-electron chi connectivity index (χ4n) is 7.00. The van der Waals surface area contributed by atoms with Crippen LogP contribution in [0.1, 0.15) is 0 Å². The van der Waals surface area contributed by atoms with E-state index in [1.165, 1.54) is 16.3 Å². The number of nitrogens with zero attached hydrogens (tertiary/aromatic N) is 4. The average Bonchev–Trinajstić information content (AvgIpc) is 3.69. The molecule has 0 fully saturated rings. The van der Waals surface area contributed by atoms with Crippen LogP contribution in [0.25, 0.3) is 77.1 Å². The Balaban J connectivity index is 0.00000314. The average molecular weight is 707 g/mol. The van der Waals surface area contributed by atoms with Gasteiger partial charge in [0.1, 0.15) is 0 Å². The van der Waals surface area contributed by atoms with Crippen molar-refractivity contribution in [3.63, 3.8) is 0 Å². The zero-order valence-corrected chi connectivity index (χ0v) is 26.9. The van der Waals surface area contributed by atoms with Gasteiger partial charge in [-0.25, -0.2) is 0 Å². The molecule has 0 aliphatic heterocycles. The van der Waals surface area contributed by atoms with Gasteiger partial charge >= 0.3 is 20.4 Å². The molecule has 0 atom stereocenters. The van der Waals surface area contributed by atoms with Crippen molar-refractivity contribution in [2.75, 3.05) is 0 Å². The molecule has 0 saturated heterocycles. The smallest absolute Gasteiger partial charge is 0.497 e. The van der Waals surface area contributed by atoms with Gasteiger partial charge in [-0.05, 0) is 53.5 Å². The van der Waals surface area contributed by atoms with E-state index in [0.717, 1.165) is 60.8 Å². The molecular formula is C42H24N4OPd. The molecule has 0 radical (unpaired) electrons. The molecule has 48 heavy (non-hydrogen) atoms. The molecular weight excluding hydrogens is 683 g/mol. The van der Waals surface area contributed by atoms with Gasteiger partial charge in [-0.3, -0.25) is 4.98 Å². The van der Waals surface area contributed by atoms with Gasteiger partial charge in [0.2, 0.25) is 0 Å². The van der Waals surface area contributed by atoms with Gasteiger partial charge < -0.3 is 18.7 Å². The van der Waals surface area contributed by atoms with E-state index in [0.29, 0.717) is 11.5 Å². The summed E-state index contributed by atoms with van der Waals surface area (Å²) in [6, 6.07) is 54.9. The molecule has 6 heteroatoms. The minimum atomic E-state index is 0. The molecule has 4 heterocycles. The quantitative estimate of drug-likeness (QED) is 0.104. The molecule has 10 rings (SSSR count). The number of hydrogen-bond acceptors (Lipinski definition) is 3. The molecule has 0 aliphatic carbocycles. The zero-order valence-electron chi connectivity index (χ0n) is 25.4. The van der Waals surface area contributed by atoms with E-state index in [4.69, 9.17) is 9.72 Å². The van der Waals surface area contributed by atoms with Crippen LogP contribution in [0.3, 0.4) is 0 Å². The Morgan fingerprint density at radius 2 is 1.33 bits per heavy atom. The maximum absolute atomic E-state index is 6.38. The molecule has 0 N–H and O–H groups in total. The Morgan fingerprint density at radius 1 is 0.562 bits per heavy atom. The molecule has 0 spiro atoms. The molecule has 6 aromatic carbocycles. The van der Waals surface area contributed by atoms with Crippen LogP contribution in [-0.2, 0) is 20.4 Å². The Hall–Kier alpha value is -5.80. The van der Waals surface area contributed by atoms with E-state index in [1.807, 2.05) is 48.5 Å². The number of aromatic nitrogens is 4. The van der Waals surface area contributed by atoms with Gasteiger partial charge in [0.15, 0.2) is 0 Å². The normalized spacial score (nSPS) is 11.6. The van der Waals surface area contributed by atoms with E-state index in [2.05, 4.69) is 117 Å². The molecule has 0 bridgehead atoms. The van der Waals surface area contributed by atoms with Gasteiger partial charge in [-0.1, -0.05) is 95.7 Å². The van der Waals surface area contributed by atoms with Gasteiger partial charge in [0.05, 0.1) is 27.7 Å². The second-order valence-corrected chi connectivity index (χ2v) is 11.7. The van der Waals surface area contributed by atoms with E-state index in [1.54, 1.807) is 6.20 Å². The van der Waals surface area contributed by atoms with Crippen molar-refractivity contribution in [1.29, 1.82) is 0 Å². The first-order valence-electron chi connectivity index (χ1n) is 15.6. The maximum Gasteiger partial charge on any atom is 2.00 e. The third-order valence-electron chi connectivity index (χ3n) is 8.97. The largest absolute Gasteiger partial charge is 2.00 e. The van der Waals surface area contributed by atoms with Gasteiger partial charge in [-0.2, -0.15) is 0 Å². The Labute approximate surface area is 289 Å². The minimum Gasteiger partial charge on any atom is -0.497 e. The summed E-state index contributed by atoms with van der Waals surface area (Å²) < 4.78 is 11.1. The van der Waals surface area contributed by atoms with E-state index < -0.39 is 0 Å². The Kier molecular flexibility index (Phi) is 6.62. The number of ether oxygens (including phenoxy) is 1. The van der Waals surface area contributed by atoms with Crippen LogP contribution >= 0.6 is 0 Å². The predicted molar refractivity (Wildman–Crippen MR) is 189 cm³/mol. The third kappa shape index (κ3) is 4.28. The summed E-state index contributed by atoms with van der Waals surface area (Å²) in [6.07, 6.45) is 1.78. The van der Waals surface area contributed by atoms with Crippen molar-refractivity contribution >= 4 is 60.2 Å². The summed E-state index contributed by atoms with van der Waals surface area (Å²) in [7, 11) is 0. The van der Waals surface area contributed by atoms with Crippen LogP contribution in [-0.4, -0.2) is 18.9 Å². The standard InChI is InChI=1S/C42H24N4O.Pd/c1-2-12-28(13-3-1)45-37-18-6-4-15-33(37)40-39(45)23-22-32-31-21-20-30(47-29-14-10-11-27(25-29)35-16-8-9-24-43-35)26-34(31)42-44-36-17-5-7-19-38(36)46(42)41(32)40;/h1-24H;/q-2;+2. The van der Waals surface area contributed by atoms with Crippen LogP contribution in [0.4, 0.5) is 0 Å². The fraction of sp³-hybridized carbons (Fsp3) is 0. The summed E-state index contributed by atoms with van der Waals surface area (Å²) >= 11 is 0. The van der Waals surface area contributed by atoms with Crippen LogP contribution in [0.5, 0.6) is 11.5 Å². The van der Waals surface area contributed by atoms with Crippen molar-refractivity contribution in [3.8, 4) is 28.4 Å². The Bertz CT molecular complexity index is 2820. The summed E-state index contributed by atoms with van der Waals surface area (Å²) in [6.45, 7) is 0. The summed E-state index contributed by atoms with van der Waals surface area (Å²) in [5, 5.41) is 5.49. The van der Waals surface area contributed by atoms with Gasteiger partial charge in [0.25, 0.3) is 0 Å². The number of pyridine rings is 2. The predicted octanol–water partition coefficient (Wildman–Crippen LogP) is 10.3. The van der Waals surface area contributed by atoms with E-state index in [9.17, 15) is 0 Å². The fourth-order valence-corrected chi connectivity index (χ4v) is 7.00. The van der Waals surface area contributed by atoms with Crippen molar-refractivity contribution in [2.24, 2.45) is 0 Å². The van der Waals surface area contributed by atoms with Crippen molar-refractivity contribution in [1.82, 2.24) is 18.9 Å². The van der Waals surface area contributed by atoms with Gasteiger partial charge in [-0.15, -0.1) is 29.8 Å². The number of rotatable bonds is 4. The van der Waals surface area contributed by atoms with E-state index >= 15 is 0 Å². The number of para-hydroxylation sites is 4. The molecule has 5 nitrogen and oxygen atoms in total. The molecule has 0 amide bonds. The number of fused-ring (bicyclic) bond motifs is 12. The van der Waals surface area contributed by atoms with Crippen molar-refractivity contribution in [2.45, 2.75) is 0 Å². The second kappa shape index (κ2) is 11.2. The van der Waals surface area contributed by atoms with E-state index in [-0.39, 0.29) is 20.4 Å². The van der Waals surface area contributed by atoms with Crippen LogP contribution < -0.4 is 4.74 Å². The van der Waals surface area contributed by atoms with Crippen LogP contribution in [0.2, 0.25) is 0 Å². The SMILES string of the molecule is [Pd+2].[c-]1c(Oc2[c-]c3c(cc2)c2ccc4c(c5ccccc5n4-c4ccccc4)c2n2c4ccccc4nc32)cccc1-c1ccccn1. The number of imidazole rings is 1. The summed E-state index contributed by atoms with van der Waals surface area (Å²) in [5.74, 6) is 1.20. The molecule has 0 saturated carbocycles. The third-order valence-corrected chi connectivity index (χ3v) is 8.97. The summed E-state index contributed by atoms with van der Waals surface area (Å²) in [5.41, 5.74) is 9.11. The molecule has 10 aromatic rings. The summed E-state index contributed by atoms with van der Waals surface area (Å²) in [4.78, 5) is 9.67. The minimum absolute atomic E-state index is 0.